The van der Waals surface area contributed by atoms with Gasteiger partial charge in [-0.3, -0.25) is 9.69 Å². The molecule has 0 spiro atoms. The third-order valence-electron chi connectivity index (χ3n) is 4.95. The van der Waals surface area contributed by atoms with Crippen molar-refractivity contribution in [2.75, 3.05) is 18.4 Å². The number of amides is 1. The van der Waals surface area contributed by atoms with Gasteiger partial charge in [0, 0.05) is 17.1 Å². The molecule has 2 heterocycles. The van der Waals surface area contributed by atoms with Crippen molar-refractivity contribution >= 4 is 22.9 Å². The first-order valence-electron chi connectivity index (χ1n) is 8.93. The first-order valence-corrected chi connectivity index (χ1v) is 9.81. The van der Waals surface area contributed by atoms with Crippen LogP contribution in [0.5, 0.6) is 0 Å². The second-order valence-electron chi connectivity index (χ2n) is 6.70. The van der Waals surface area contributed by atoms with Gasteiger partial charge in [0.15, 0.2) is 0 Å². The molecule has 3 aromatic rings. The predicted octanol–water partition coefficient (Wildman–Crippen LogP) is 4.64. The topological polar surface area (TPSA) is 32.3 Å². The van der Waals surface area contributed by atoms with Crippen LogP contribution in [0.15, 0.2) is 66.0 Å². The minimum atomic E-state index is 0.0407. The van der Waals surface area contributed by atoms with E-state index in [1.807, 2.05) is 48.6 Å². The zero-order valence-corrected chi connectivity index (χ0v) is 15.6. The molecule has 1 unspecified atom stereocenters. The molecular weight excluding hydrogens is 340 g/mol. The van der Waals surface area contributed by atoms with E-state index in [0.717, 1.165) is 24.2 Å². The number of para-hydroxylation sites is 1. The average Bonchev–Trinajstić information content (AvgIpc) is 3.13. The van der Waals surface area contributed by atoms with Gasteiger partial charge in [0.25, 0.3) is 0 Å². The van der Waals surface area contributed by atoms with Gasteiger partial charge in [0.05, 0.1) is 12.6 Å². The molecule has 132 valence electrons. The Morgan fingerprint density at radius 1 is 1.12 bits per heavy atom. The molecule has 0 radical (unpaired) electrons. The second kappa shape index (κ2) is 7.44. The quantitative estimate of drug-likeness (QED) is 0.733. The van der Waals surface area contributed by atoms with E-state index < -0.39 is 0 Å². The molecule has 1 aromatic heterocycles. The Hall–Kier alpha value is -2.43. The number of benzene rings is 2. The summed E-state index contributed by atoms with van der Waals surface area (Å²) >= 11 is 1.82. The van der Waals surface area contributed by atoms with Crippen LogP contribution < -0.4 is 5.32 Å². The second-order valence-corrected chi connectivity index (χ2v) is 7.70. The van der Waals surface area contributed by atoms with Crippen LogP contribution in [-0.4, -0.2) is 23.9 Å². The number of carbonyl (C=O) groups is 1. The molecule has 0 aliphatic carbocycles. The molecule has 1 atom stereocenters. The maximum absolute atomic E-state index is 12.7. The Balaban J connectivity index is 1.57. The number of nitrogens with zero attached hydrogens (tertiary/aromatic N) is 1. The smallest absolute Gasteiger partial charge is 0.238 e. The Labute approximate surface area is 158 Å². The molecule has 4 rings (SSSR count). The Bertz CT molecular complexity index is 903. The van der Waals surface area contributed by atoms with Crippen molar-refractivity contribution in [2.45, 2.75) is 19.4 Å². The van der Waals surface area contributed by atoms with Crippen molar-refractivity contribution in [2.24, 2.45) is 0 Å². The normalized spacial score (nSPS) is 16.9. The van der Waals surface area contributed by atoms with E-state index >= 15 is 0 Å². The molecule has 2 aromatic carbocycles. The van der Waals surface area contributed by atoms with Crippen LogP contribution >= 0.6 is 11.3 Å². The maximum atomic E-state index is 12.7. The van der Waals surface area contributed by atoms with E-state index in [1.165, 1.54) is 16.0 Å². The number of carbonyl (C=O) groups excluding carboxylic acids is 1. The lowest BCUT2D eigenvalue weighted by molar-refractivity contribution is -0.117. The SMILES string of the molecule is Cc1ccccc1NC(=O)CN1CCc2sccc2C1c1ccccc1. The largest absolute Gasteiger partial charge is 0.325 e. The minimum Gasteiger partial charge on any atom is -0.325 e. The highest BCUT2D eigenvalue weighted by molar-refractivity contribution is 7.10. The van der Waals surface area contributed by atoms with Gasteiger partial charge in [-0.15, -0.1) is 11.3 Å². The number of hydrogen-bond donors (Lipinski definition) is 1. The zero-order valence-electron chi connectivity index (χ0n) is 14.8. The maximum Gasteiger partial charge on any atom is 0.238 e. The van der Waals surface area contributed by atoms with E-state index in [1.54, 1.807) is 0 Å². The molecule has 0 fully saturated rings. The van der Waals surface area contributed by atoms with Gasteiger partial charge in [-0.25, -0.2) is 0 Å². The summed E-state index contributed by atoms with van der Waals surface area (Å²) < 4.78 is 0. The van der Waals surface area contributed by atoms with Crippen LogP contribution in [0.4, 0.5) is 5.69 Å². The standard InChI is InChI=1S/C22H22N2OS/c1-16-7-5-6-10-19(16)23-21(25)15-24-13-11-20-18(12-14-26-20)22(24)17-8-3-2-4-9-17/h2-10,12,14,22H,11,13,15H2,1H3,(H,23,25). The number of hydrogen-bond acceptors (Lipinski definition) is 3. The summed E-state index contributed by atoms with van der Waals surface area (Å²) in [6.45, 7) is 3.30. The van der Waals surface area contributed by atoms with Gasteiger partial charge in [-0.2, -0.15) is 0 Å². The van der Waals surface area contributed by atoms with Gasteiger partial charge in [0.2, 0.25) is 5.91 Å². The molecule has 1 aliphatic heterocycles. The van der Waals surface area contributed by atoms with Crippen LogP contribution in [0, 0.1) is 6.92 Å². The predicted molar refractivity (Wildman–Crippen MR) is 108 cm³/mol. The van der Waals surface area contributed by atoms with E-state index in [0.29, 0.717) is 6.54 Å². The molecule has 1 aliphatic rings. The van der Waals surface area contributed by atoms with Crippen LogP contribution in [0.25, 0.3) is 0 Å². The molecule has 0 saturated heterocycles. The lowest BCUT2D eigenvalue weighted by Crippen LogP contribution is -2.40. The number of anilines is 1. The summed E-state index contributed by atoms with van der Waals surface area (Å²) in [4.78, 5) is 16.4. The zero-order chi connectivity index (χ0) is 17.9. The molecule has 1 N–H and O–H groups in total. The van der Waals surface area contributed by atoms with E-state index in [4.69, 9.17) is 0 Å². The molecule has 3 nitrogen and oxygen atoms in total. The minimum absolute atomic E-state index is 0.0407. The summed E-state index contributed by atoms with van der Waals surface area (Å²) in [6, 6.07) is 20.8. The van der Waals surface area contributed by atoms with Gasteiger partial charge in [0.1, 0.15) is 0 Å². The fourth-order valence-electron chi connectivity index (χ4n) is 3.65. The summed E-state index contributed by atoms with van der Waals surface area (Å²) in [5, 5.41) is 5.23. The molecule has 0 bridgehead atoms. The van der Waals surface area contributed by atoms with E-state index in [2.05, 4.69) is 45.9 Å². The van der Waals surface area contributed by atoms with Gasteiger partial charge in [-0.05, 0) is 47.5 Å². The van der Waals surface area contributed by atoms with Crippen LogP contribution in [0.3, 0.4) is 0 Å². The average molecular weight is 362 g/mol. The summed E-state index contributed by atoms with van der Waals surface area (Å²) in [7, 11) is 0. The number of rotatable bonds is 4. The number of aryl methyl sites for hydroxylation is 1. The fraction of sp³-hybridized carbons (Fsp3) is 0.227. The molecule has 4 heteroatoms. The number of nitrogens with one attached hydrogen (secondary N) is 1. The monoisotopic (exact) mass is 362 g/mol. The Morgan fingerprint density at radius 2 is 1.88 bits per heavy atom. The summed E-state index contributed by atoms with van der Waals surface area (Å²) in [5.41, 5.74) is 4.56. The van der Waals surface area contributed by atoms with Gasteiger partial charge >= 0.3 is 0 Å². The van der Waals surface area contributed by atoms with E-state index in [9.17, 15) is 4.79 Å². The number of fused-ring (bicyclic) bond motifs is 1. The highest BCUT2D eigenvalue weighted by Gasteiger charge is 2.30. The molecular formula is C22H22N2OS. The molecule has 1 amide bonds. The van der Waals surface area contributed by atoms with Crippen LogP contribution in [0.1, 0.15) is 27.6 Å². The van der Waals surface area contributed by atoms with Gasteiger partial charge in [-0.1, -0.05) is 48.5 Å². The van der Waals surface area contributed by atoms with Crippen molar-refractivity contribution in [3.05, 3.63) is 87.6 Å². The van der Waals surface area contributed by atoms with Crippen molar-refractivity contribution < 1.29 is 4.79 Å². The summed E-state index contributed by atoms with van der Waals surface area (Å²) in [5.74, 6) is 0.0407. The number of thiophene rings is 1. The van der Waals surface area contributed by atoms with Crippen molar-refractivity contribution in [3.63, 3.8) is 0 Å². The van der Waals surface area contributed by atoms with Crippen molar-refractivity contribution in [1.29, 1.82) is 0 Å². The van der Waals surface area contributed by atoms with Crippen LogP contribution in [0.2, 0.25) is 0 Å². The lowest BCUT2D eigenvalue weighted by atomic mass is 9.93. The van der Waals surface area contributed by atoms with E-state index in [-0.39, 0.29) is 11.9 Å². The third-order valence-corrected chi connectivity index (χ3v) is 5.94. The first kappa shape index (κ1) is 17.0. The molecule has 0 saturated carbocycles. The lowest BCUT2D eigenvalue weighted by Gasteiger charge is -2.35. The van der Waals surface area contributed by atoms with Crippen molar-refractivity contribution in [1.82, 2.24) is 4.90 Å². The third kappa shape index (κ3) is 3.43. The summed E-state index contributed by atoms with van der Waals surface area (Å²) in [6.07, 6.45) is 1.01. The molecule has 26 heavy (non-hydrogen) atoms. The Morgan fingerprint density at radius 3 is 2.69 bits per heavy atom. The highest BCUT2D eigenvalue weighted by atomic mass is 32.1. The highest BCUT2D eigenvalue weighted by Crippen LogP contribution is 2.37. The van der Waals surface area contributed by atoms with Crippen LogP contribution in [-0.2, 0) is 11.2 Å². The Kier molecular flexibility index (Phi) is 4.87. The van der Waals surface area contributed by atoms with Crippen molar-refractivity contribution in [3.8, 4) is 0 Å². The fourth-order valence-corrected chi connectivity index (χ4v) is 4.56. The van der Waals surface area contributed by atoms with Gasteiger partial charge < -0.3 is 5.32 Å². The first-order chi connectivity index (χ1) is 12.7.